The lowest BCUT2D eigenvalue weighted by Crippen LogP contribution is -2.40. The molecule has 0 bridgehead atoms. The van der Waals surface area contributed by atoms with Crippen LogP contribution in [0.3, 0.4) is 0 Å². The van der Waals surface area contributed by atoms with Gasteiger partial charge in [-0.25, -0.2) is 0 Å². The fourth-order valence-corrected chi connectivity index (χ4v) is 2.24. The van der Waals surface area contributed by atoms with Gasteiger partial charge in [0.15, 0.2) is 0 Å². The van der Waals surface area contributed by atoms with Crippen LogP contribution >= 0.6 is 0 Å². The van der Waals surface area contributed by atoms with Gasteiger partial charge in [-0.3, -0.25) is 4.79 Å². The molecule has 2 saturated carbocycles. The molecule has 0 aliphatic heterocycles. The van der Waals surface area contributed by atoms with Crippen LogP contribution in [0.15, 0.2) is 0 Å². The first-order valence-electron chi connectivity index (χ1n) is 5.50. The van der Waals surface area contributed by atoms with Crippen molar-refractivity contribution in [2.45, 2.75) is 44.6 Å². The Morgan fingerprint density at radius 1 is 1.29 bits per heavy atom. The number of nitrogens with zero attached hydrogens (tertiary/aromatic N) is 2. The summed E-state index contributed by atoms with van der Waals surface area (Å²) in [6.07, 6.45) is 6.69. The van der Waals surface area contributed by atoms with Gasteiger partial charge >= 0.3 is 0 Å². The van der Waals surface area contributed by atoms with Gasteiger partial charge in [-0.1, -0.05) is 12.8 Å². The van der Waals surface area contributed by atoms with Crippen LogP contribution in [0.5, 0.6) is 0 Å². The lowest BCUT2D eigenvalue weighted by atomic mass is 10.2. The fraction of sp³-hybridized carbons (Fsp3) is 0.818. The number of carbonyl (C=O) groups is 1. The van der Waals surface area contributed by atoms with E-state index in [9.17, 15) is 4.79 Å². The summed E-state index contributed by atoms with van der Waals surface area (Å²) in [5.41, 5.74) is 0. The molecule has 0 radical (unpaired) electrons. The molecule has 0 aromatic rings. The average Bonchev–Trinajstić information content (AvgIpc) is 2.91. The lowest BCUT2D eigenvalue weighted by Gasteiger charge is -2.26. The van der Waals surface area contributed by atoms with Gasteiger partial charge in [0.05, 0.1) is 6.07 Å². The lowest BCUT2D eigenvalue weighted by molar-refractivity contribution is -0.134. The fourth-order valence-electron chi connectivity index (χ4n) is 2.24. The van der Waals surface area contributed by atoms with E-state index < -0.39 is 0 Å². The highest BCUT2D eigenvalue weighted by molar-refractivity contribution is 5.81. The SMILES string of the molecule is N#CCN(C(=O)C1CC1)C1CCCC1. The van der Waals surface area contributed by atoms with Crippen molar-refractivity contribution in [2.24, 2.45) is 5.92 Å². The molecular formula is C11H16N2O. The highest BCUT2D eigenvalue weighted by atomic mass is 16.2. The van der Waals surface area contributed by atoms with E-state index in [1.165, 1.54) is 12.8 Å². The van der Waals surface area contributed by atoms with Gasteiger partial charge in [0, 0.05) is 12.0 Å². The Bertz CT molecular complexity index is 259. The average molecular weight is 192 g/mol. The summed E-state index contributed by atoms with van der Waals surface area (Å²) in [4.78, 5) is 13.7. The standard InChI is InChI=1S/C11H16N2O/c12-7-8-13(10-3-1-2-4-10)11(14)9-5-6-9/h9-10H,1-6,8H2. The Balaban J connectivity index is 1.98. The Labute approximate surface area is 84.7 Å². The first-order valence-corrected chi connectivity index (χ1v) is 5.50. The summed E-state index contributed by atoms with van der Waals surface area (Å²) in [6.45, 7) is 0.292. The molecule has 1 amide bonds. The zero-order valence-electron chi connectivity index (χ0n) is 8.41. The third kappa shape index (κ3) is 1.89. The number of nitriles is 1. The third-order valence-electron chi connectivity index (χ3n) is 3.22. The Morgan fingerprint density at radius 3 is 2.43 bits per heavy atom. The molecule has 3 nitrogen and oxygen atoms in total. The van der Waals surface area contributed by atoms with Gasteiger partial charge in [-0.2, -0.15) is 5.26 Å². The zero-order valence-corrected chi connectivity index (χ0v) is 8.41. The molecule has 2 rings (SSSR count). The minimum Gasteiger partial charge on any atom is -0.326 e. The van der Waals surface area contributed by atoms with Crippen LogP contribution in [0.4, 0.5) is 0 Å². The van der Waals surface area contributed by atoms with Crippen LogP contribution in [-0.2, 0) is 4.79 Å². The normalized spacial score (nSPS) is 21.9. The second-order valence-corrected chi connectivity index (χ2v) is 4.34. The van der Waals surface area contributed by atoms with Crippen molar-refractivity contribution in [2.75, 3.05) is 6.54 Å². The van der Waals surface area contributed by atoms with E-state index in [0.717, 1.165) is 25.7 Å². The second kappa shape index (κ2) is 4.00. The molecule has 2 aliphatic rings. The van der Waals surface area contributed by atoms with Crippen LogP contribution in [0.1, 0.15) is 38.5 Å². The zero-order chi connectivity index (χ0) is 9.97. The van der Waals surface area contributed by atoms with Gasteiger partial charge in [-0.05, 0) is 25.7 Å². The van der Waals surface area contributed by atoms with Gasteiger partial charge in [0.2, 0.25) is 5.91 Å². The van der Waals surface area contributed by atoms with Gasteiger partial charge in [0.1, 0.15) is 6.54 Å². The summed E-state index contributed by atoms with van der Waals surface area (Å²) >= 11 is 0. The molecule has 0 saturated heterocycles. The monoisotopic (exact) mass is 192 g/mol. The third-order valence-corrected chi connectivity index (χ3v) is 3.22. The van der Waals surface area contributed by atoms with Crippen molar-refractivity contribution in [3.8, 4) is 6.07 Å². The van der Waals surface area contributed by atoms with E-state index in [0.29, 0.717) is 12.6 Å². The highest BCUT2D eigenvalue weighted by Gasteiger charge is 2.36. The summed E-state index contributed by atoms with van der Waals surface area (Å²) in [5.74, 6) is 0.488. The second-order valence-electron chi connectivity index (χ2n) is 4.34. The van der Waals surface area contributed by atoms with E-state index in [2.05, 4.69) is 6.07 Å². The predicted molar refractivity (Wildman–Crippen MR) is 52.3 cm³/mol. The van der Waals surface area contributed by atoms with Gasteiger partial charge < -0.3 is 4.90 Å². The van der Waals surface area contributed by atoms with Crippen LogP contribution in [0.2, 0.25) is 0 Å². The van der Waals surface area contributed by atoms with E-state index in [-0.39, 0.29) is 11.8 Å². The molecule has 2 fully saturated rings. The predicted octanol–water partition coefficient (Wildman–Crippen LogP) is 1.69. The summed E-state index contributed by atoms with van der Waals surface area (Å²) in [5, 5.41) is 8.70. The van der Waals surface area contributed by atoms with Gasteiger partial charge in [-0.15, -0.1) is 0 Å². The maximum atomic E-state index is 11.9. The van der Waals surface area contributed by atoms with Crippen LogP contribution in [0.25, 0.3) is 0 Å². The minimum absolute atomic E-state index is 0.235. The molecule has 2 aliphatic carbocycles. The number of carbonyl (C=O) groups excluding carboxylic acids is 1. The largest absolute Gasteiger partial charge is 0.326 e. The smallest absolute Gasteiger partial charge is 0.226 e. The number of amides is 1. The van der Waals surface area contributed by atoms with Crippen molar-refractivity contribution in [1.29, 1.82) is 5.26 Å². The van der Waals surface area contributed by atoms with Crippen molar-refractivity contribution in [3.05, 3.63) is 0 Å². The van der Waals surface area contributed by atoms with Crippen molar-refractivity contribution < 1.29 is 4.79 Å². The van der Waals surface area contributed by atoms with Gasteiger partial charge in [0.25, 0.3) is 0 Å². The van der Waals surface area contributed by atoms with E-state index >= 15 is 0 Å². The quantitative estimate of drug-likeness (QED) is 0.639. The summed E-state index contributed by atoms with van der Waals surface area (Å²) in [6, 6.07) is 2.48. The van der Waals surface area contributed by atoms with Crippen molar-refractivity contribution in [3.63, 3.8) is 0 Å². The topological polar surface area (TPSA) is 44.1 Å². The highest BCUT2D eigenvalue weighted by Crippen LogP contribution is 2.33. The molecule has 0 aromatic carbocycles. The van der Waals surface area contributed by atoms with Crippen molar-refractivity contribution >= 4 is 5.91 Å². The van der Waals surface area contributed by atoms with E-state index in [4.69, 9.17) is 5.26 Å². The first-order chi connectivity index (χ1) is 6.83. The molecule has 76 valence electrons. The molecular weight excluding hydrogens is 176 g/mol. The molecule has 0 atom stereocenters. The van der Waals surface area contributed by atoms with E-state index in [1.54, 1.807) is 0 Å². The summed E-state index contributed by atoms with van der Waals surface area (Å²) < 4.78 is 0. The molecule has 0 aromatic heterocycles. The van der Waals surface area contributed by atoms with Crippen molar-refractivity contribution in [1.82, 2.24) is 4.90 Å². The minimum atomic E-state index is 0.235. The Morgan fingerprint density at radius 2 is 1.93 bits per heavy atom. The van der Waals surface area contributed by atoms with Crippen LogP contribution in [-0.4, -0.2) is 23.4 Å². The summed E-state index contributed by atoms with van der Waals surface area (Å²) in [7, 11) is 0. The molecule has 0 N–H and O–H groups in total. The molecule has 14 heavy (non-hydrogen) atoms. The Hall–Kier alpha value is -1.04. The number of hydrogen-bond donors (Lipinski definition) is 0. The molecule has 0 heterocycles. The Kier molecular flexibility index (Phi) is 2.72. The maximum absolute atomic E-state index is 11.9. The number of hydrogen-bond acceptors (Lipinski definition) is 2. The molecule has 0 spiro atoms. The first kappa shape index (κ1) is 9.51. The molecule has 3 heteroatoms. The van der Waals surface area contributed by atoms with Crippen LogP contribution < -0.4 is 0 Å². The number of rotatable bonds is 3. The molecule has 0 unspecified atom stereocenters. The van der Waals surface area contributed by atoms with E-state index in [1.807, 2.05) is 4.90 Å². The van der Waals surface area contributed by atoms with Crippen LogP contribution in [0, 0.1) is 17.2 Å². The maximum Gasteiger partial charge on any atom is 0.226 e.